The van der Waals surface area contributed by atoms with Crippen LogP contribution in [0, 0.1) is 5.92 Å². The second-order valence-corrected chi connectivity index (χ2v) is 9.44. The van der Waals surface area contributed by atoms with E-state index in [2.05, 4.69) is 29.5 Å². The number of thioether (sulfide) groups is 1. The van der Waals surface area contributed by atoms with Gasteiger partial charge in [-0.3, -0.25) is 19.5 Å². The first-order valence-corrected chi connectivity index (χ1v) is 11.0. The molecule has 0 saturated heterocycles. The Morgan fingerprint density at radius 3 is 2.69 bits per heavy atom. The van der Waals surface area contributed by atoms with Gasteiger partial charge in [0.05, 0.1) is 16.2 Å². The van der Waals surface area contributed by atoms with Crippen molar-refractivity contribution in [2.45, 2.75) is 63.0 Å². The minimum atomic E-state index is -0.603. The van der Waals surface area contributed by atoms with Gasteiger partial charge in [-0.2, -0.15) is 0 Å². The molecule has 3 amide bonds. The van der Waals surface area contributed by atoms with Crippen LogP contribution >= 0.6 is 23.4 Å². The summed E-state index contributed by atoms with van der Waals surface area (Å²) in [4.78, 5) is 41.9. The van der Waals surface area contributed by atoms with E-state index in [0.29, 0.717) is 33.5 Å². The number of carbonyl (C=O) groups is 2. The molecule has 1 aliphatic carbocycles. The van der Waals surface area contributed by atoms with Crippen LogP contribution in [0.2, 0.25) is 5.02 Å². The number of hydrogen-bond acceptors (Lipinski definition) is 5. The Labute approximate surface area is 178 Å². The van der Waals surface area contributed by atoms with Gasteiger partial charge in [-0.05, 0) is 50.3 Å². The number of fused-ring (bicyclic) bond motifs is 1. The van der Waals surface area contributed by atoms with E-state index in [9.17, 15) is 14.4 Å². The summed E-state index contributed by atoms with van der Waals surface area (Å²) in [6.07, 6.45) is 2.69. The number of nitrogens with zero attached hydrogens (tertiary/aromatic N) is 2. The van der Waals surface area contributed by atoms with E-state index < -0.39 is 17.2 Å². The van der Waals surface area contributed by atoms with Crippen molar-refractivity contribution in [1.29, 1.82) is 0 Å². The lowest BCUT2D eigenvalue weighted by Gasteiger charge is -2.17. The molecule has 0 aliphatic heterocycles. The SMILES string of the molecule is CC(C)CCn1c(SC(C)C(=O)NC(=O)NC2CC2)nc2cc(Cl)ccc2c1=O. The molecule has 156 valence electrons. The summed E-state index contributed by atoms with van der Waals surface area (Å²) in [6, 6.07) is 4.66. The maximum Gasteiger partial charge on any atom is 0.321 e. The highest BCUT2D eigenvalue weighted by Crippen LogP contribution is 2.25. The summed E-state index contributed by atoms with van der Waals surface area (Å²) < 4.78 is 1.61. The molecular weight excluding hydrogens is 412 g/mol. The van der Waals surface area contributed by atoms with Gasteiger partial charge in [-0.1, -0.05) is 37.2 Å². The highest BCUT2D eigenvalue weighted by Gasteiger charge is 2.26. The summed E-state index contributed by atoms with van der Waals surface area (Å²) in [5.74, 6) is -0.0171. The Morgan fingerprint density at radius 2 is 2.03 bits per heavy atom. The van der Waals surface area contributed by atoms with E-state index in [4.69, 9.17) is 11.6 Å². The molecule has 1 saturated carbocycles. The second kappa shape index (κ2) is 9.17. The Kier molecular flexibility index (Phi) is 6.85. The van der Waals surface area contributed by atoms with Crippen LogP contribution in [0.15, 0.2) is 28.2 Å². The van der Waals surface area contributed by atoms with Crippen molar-refractivity contribution in [3.63, 3.8) is 0 Å². The first kappa shape index (κ1) is 21.6. The average molecular weight is 437 g/mol. The van der Waals surface area contributed by atoms with Gasteiger partial charge in [0, 0.05) is 17.6 Å². The van der Waals surface area contributed by atoms with Gasteiger partial charge in [0.2, 0.25) is 5.91 Å². The molecule has 0 radical (unpaired) electrons. The molecule has 7 nitrogen and oxygen atoms in total. The van der Waals surface area contributed by atoms with Gasteiger partial charge in [-0.25, -0.2) is 9.78 Å². The quantitative estimate of drug-likeness (QED) is 0.511. The molecule has 1 atom stereocenters. The van der Waals surface area contributed by atoms with Crippen molar-refractivity contribution in [3.8, 4) is 0 Å². The van der Waals surface area contributed by atoms with Crippen molar-refractivity contribution >= 4 is 46.2 Å². The highest BCUT2D eigenvalue weighted by atomic mass is 35.5. The van der Waals surface area contributed by atoms with E-state index >= 15 is 0 Å². The van der Waals surface area contributed by atoms with Crippen LogP contribution in [0.25, 0.3) is 10.9 Å². The molecule has 1 aliphatic rings. The zero-order valence-electron chi connectivity index (χ0n) is 16.7. The predicted octanol–water partition coefficient (Wildman–Crippen LogP) is 3.56. The minimum Gasteiger partial charge on any atom is -0.335 e. The highest BCUT2D eigenvalue weighted by molar-refractivity contribution is 8.00. The molecule has 1 unspecified atom stereocenters. The summed E-state index contributed by atoms with van der Waals surface area (Å²) in [6.45, 7) is 6.35. The van der Waals surface area contributed by atoms with Gasteiger partial charge in [0.1, 0.15) is 0 Å². The van der Waals surface area contributed by atoms with Crippen molar-refractivity contribution in [3.05, 3.63) is 33.6 Å². The third-order valence-corrected chi connectivity index (χ3v) is 5.94. The lowest BCUT2D eigenvalue weighted by molar-refractivity contribution is -0.119. The maximum absolute atomic E-state index is 13.0. The summed E-state index contributed by atoms with van der Waals surface area (Å²) in [5, 5.41) is 5.89. The Hall–Kier alpha value is -2.06. The van der Waals surface area contributed by atoms with Crippen LogP contribution < -0.4 is 16.2 Å². The largest absolute Gasteiger partial charge is 0.335 e. The number of carbonyl (C=O) groups excluding carboxylic acids is 2. The van der Waals surface area contributed by atoms with Crippen molar-refractivity contribution in [2.75, 3.05) is 0 Å². The van der Waals surface area contributed by atoms with E-state index in [0.717, 1.165) is 31.0 Å². The lowest BCUT2D eigenvalue weighted by Crippen LogP contribution is -2.43. The number of nitrogens with one attached hydrogen (secondary N) is 2. The van der Waals surface area contributed by atoms with Gasteiger partial charge in [0.25, 0.3) is 5.56 Å². The zero-order valence-corrected chi connectivity index (χ0v) is 18.3. The molecule has 0 spiro atoms. The number of urea groups is 1. The van der Waals surface area contributed by atoms with Crippen LogP contribution in [0.1, 0.15) is 40.0 Å². The first-order chi connectivity index (χ1) is 13.7. The minimum absolute atomic E-state index is 0.158. The Bertz CT molecular complexity index is 988. The van der Waals surface area contributed by atoms with Crippen molar-refractivity contribution < 1.29 is 9.59 Å². The second-order valence-electron chi connectivity index (χ2n) is 7.69. The van der Waals surface area contributed by atoms with Crippen LogP contribution in [-0.4, -0.2) is 32.8 Å². The molecule has 3 rings (SSSR count). The van der Waals surface area contributed by atoms with Crippen LogP contribution in [-0.2, 0) is 11.3 Å². The predicted molar refractivity (Wildman–Crippen MR) is 115 cm³/mol. The van der Waals surface area contributed by atoms with E-state index in [1.807, 2.05) is 0 Å². The van der Waals surface area contributed by atoms with E-state index in [-0.39, 0.29) is 11.6 Å². The number of amides is 3. The molecule has 9 heteroatoms. The van der Waals surface area contributed by atoms with Gasteiger partial charge in [-0.15, -0.1) is 0 Å². The summed E-state index contributed by atoms with van der Waals surface area (Å²) in [5.41, 5.74) is 0.332. The Balaban J connectivity index is 1.84. The van der Waals surface area contributed by atoms with E-state index in [1.54, 1.807) is 29.7 Å². The molecular formula is C20H25ClN4O3S. The fourth-order valence-electron chi connectivity index (χ4n) is 2.72. The number of imide groups is 1. The molecule has 1 aromatic carbocycles. The van der Waals surface area contributed by atoms with Gasteiger partial charge < -0.3 is 5.32 Å². The first-order valence-electron chi connectivity index (χ1n) is 9.72. The summed E-state index contributed by atoms with van der Waals surface area (Å²) >= 11 is 7.22. The zero-order chi connectivity index (χ0) is 21.1. The molecule has 2 aromatic rings. The number of rotatable bonds is 7. The molecule has 1 fully saturated rings. The monoisotopic (exact) mass is 436 g/mol. The van der Waals surface area contributed by atoms with Crippen molar-refractivity contribution in [1.82, 2.24) is 20.2 Å². The number of aromatic nitrogens is 2. The number of hydrogen-bond donors (Lipinski definition) is 2. The van der Waals surface area contributed by atoms with Crippen molar-refractivity contribution in [2.24, 2.45) is 5.92 Å². The normalized spacial score (nSPS) is 14.8. The smallest absolute Gasteiger partial charge is 0.321 e. The van der Waals surface area contributed by atoms with Crippen LogP contribution in [0.3, 0.4) is 0 Å². The van der Waals surface area contributed by atoms with Gasteiger partial charge in [0.15, 0.2) is 5.16 Å². The third kappa shape index (κ3) is 5.73. The molecule has 29 heavy (non-hydrogen) atoms. The number of halogens is 1. The molecule has 1 aromatic heterocycles. The molecule has 0 bridgehead atoms. The topological polar surface area (TPSA) is 93.1 Å². The summed E-state index contributed by atoms with van der Waals surface area (Å²) in [7, 11) is 0. The fraction of sp³-hybridized carbons (Fsp3) is 0.500. The third-order valence-electron chi connectivity index (χ3n) is 4.61. The van der Waals surface area contributed by atoms with Crippen LogP contribution in [0.4, 0.5) is 4.79 Å². The standard InChI is InChI=1S/C20H25ClN4O3S/c1-11(2)8-9-25-18(27)15-7-4-13(21)10-16(15)23-20(25)29-12(3)17(26)24-19(28)22-14-5-6-14/h4,7,10-12,14H,5-6,8-9H2,1-3H3,(H2,22,24,26,28). The maximum atomic E-state index is 13.0. The van der Waals surface area contributed by atoms with Crippen LogP contribution in [0.5, 0.6) is 0 Å². The lowest BCUT2D eigenvalue weighted by atomic mass is 10.1. The molecule has 1 heterocycles. The van der Waals surface area contributed by atoms with E-state index in [1.165, 1.54) is 0 Å². The fourth-order valence-corrected chi connectivity index (χ4v) is 3.82. The van der Waals surface area contributed by atoms with Gasteiger partial charge >= 0.3 is 6.03 Å². The average Bonchev–Trinajstić information content (AvgIpc) is 3.44. The molecule has 2 N–H and O–H groups in total. The number of benzene rings is 1. The Morgan fingerprint density at radius 1 is 1.31 bits per heavy atom.